The highest BCUT2D eigenvalue weighted by Gasteiger charge is 2.40. The number of nitrogens with one attached hydrogen (secondary N) is 2. The van der Waals surface area contributed by atoms with Gasteiger partial charge in [-0.2, -0.15) is 5.10 Å². The summed E-state index contributed by atoms with van der Waals surface area (Å²) in [5, 5.41) is 12.0. The lowest BCUT2D eigenvalue weighted by Crippen LogP contribution is -2.47. The predicted molar refractivity (Wildman–Crippen MR) is 122 cm³/mol. The third-order valence-electron chi connectivity index (χ3n) is 6.56. The summed E-state index contributed by atoms with van der Waals surface area (Å²) in [4.78, 5) is 9.56. The number of aryl methyl sites for hydroxylation is 2. The van der Waals surface area contributed by atoms with Crippen molar-refractivity contribution in [3.8, 4) is 0 Å². The van der Waals surface area contributed by atoms with Gasteiger partial charge >= 0.3 is 0 Å². The molecule has 2 aromatic heterocycles. The van der Waals surface area contributed by atoms with Crippen LogP contribution in [0.25, 0.3) is 0 Å². The molecule has 0 saturated heterocycles. The van der Waals surface area contributed by atoms with E-state index in [1.807, 2.05) is 19.1 Å². The van der Waals surface area contributed by atoms with E-state index in [2.05, 4.69) is 25.4 Å². The van der Waals surface area contributed by atoms with E-state index in [1.54, 1.807) is 6.26 Å². The average molecular weight is 510 g/mol. The molecule has 29 heavy (non-hydrogen) atoms. The summed E-state index contributed by atoms with van der Waals surface area (Å²) in [6.07, 6.45) is 10.2. The minimum Gasteiger partial charge on any atom is -0.469 e. The minimum atomic E-state index is 0. The van der Waals surface area contributed by atoms with Crippen LogP contribution in [0.1, 0.15) is 62.0 Å². The van der Waals surface area contributed by atoms with Gasteiger partial charge in [0.1, 0.15) is 17.4 Å². The van der Waals surface area contributed by atoms with Gasteiger partial charge in [-0.15, -0.1) is 24.0 Å². The molecule has 7 nitrogen and oxygen atoms in total. The number of rotatable bonds is 5. The Kier molecular flexibility index (Phi) is 6.46. The molecule has 2 N–H and O–H groups in total. The molecule has 2 fully saturated rings. The van der Waals surface area contributed by atoms with Gasteiger partial charge in [0.2, 0.25) is 0 Å². The molecule has 2 aliphatic carbocycles. The fourth-order valence-corrected chi connectivity index (χ4v) is 5.23. The maximum atomic E-state index is 5.46. The summed E-state index contributed by atoms with van der Waals surface area (Å²) in [5.41, 5.74) is 0. The van der Waals surface area contributed by atoms with E-state index in [9.17, 15) is 0 Å². The van der Waals surface area contributed by atoms with Gasteiger partial charge in [-0.3, -0.25) is 4.99 Å². The van der Waals surface area contributed by atoms with Crippen molar-refractivity contribution in [2.75, 3.05) is 6.54 Å². The molecule has 3 aliphatic rings. The number of aliphatic imine (C=N–C) groups is 1. The first-order valence-electron chi connectivity index (χ1n) is 10.8. The average Bonchev–Trinajstić information content (AvgIpc) is 3.46. The standard InChI is InChI=1S/C21H30N6O.HI/c1-14-23-20-18(5-2-10-27(20)26-14)24-21(22-9-8-17-4-3-11-28-17)25-19-13-15-6-7-16(19)12-15;/h3-4,11,15-16,18-19H,2,5-10,12-13H2,1H3,(H2,22,24,25);1H. The van der Waals surface area contributed by atoms with Crippen molar-refractivity contribution >= 4 is 29.9 Å². The van der Waals surface area contributed by atoms with Crippen molar-refractivity contribution < 1.29 is 4.42 Å². The van der Waals surface area contributed by atoms with Crippen molar-refractivity contribution in [3.05, 3.63) is 35.8 Å². The summed E-state index contributed by atoms with van der Waals surface area (Å²) >= 11 is 0. The van der Waals surface area contributed by atoms with Crippen LogP contribution in [0.2, 0.25) is 0 Å². The van der Waals surface area contributed by atoms with Gasteiger partial charge in [-0.25, -0.2) is 9.67 Å². The van der Waals surface area contributed by atoms with Crippen LogP contribution in [-0.4, -0.2) is 33.3 Å². The molecular formula is C21H31IN6O. The number of guanidine groups is 1. The molecule has 2 aromatic rings. The van der Waals surface area contributed by atoms with Crippen molar-refractivity contribution in [3.63, 3.8) is 0 Å². The molecule has 0 radical (unpaired) electrons. The smallest absolute Gasteiger partial charge is 0.192 e. The highest BCUT2D eigenvalue weighted by Crippen LogP contribution is 2.44. The lowest BCUT2D eigenvalue weighted by molar-refractivity contribution is 0.372. The normalized spacial score (nSPS) is 28.1. The van der Waals surface area contributed by atoms with Gasteiger partial charge < -0.3 is 15.1 Å². The minimum absolute atomic E-state index is 0. The van der Waals surface area contributed by atoms with E-state index in [-0.39, 0.29) is 30.0 Å². The van der Waals surface area contributed by atoms with Crippen LogP contribution in [0, 0.1) is 18.8 Å². The zero-order valence-electron chi connectivity index (χ0n) is 17.0. The lowest BCUT2D eigenvalue weighted by atomic mass is 9.95. The van der Waals surface area contributed by atoms with Gasteiger partial charge in [0.25, 0.3) is 0 Å². The molecule has 0 amide bonds. The zero-order valence-corrected chi connectivity index (χ0v) is 19.3. The predicted octanol–water partition coefficient (Wildman–Crippen LogP) is 3.60. The highest BCUT2D eigenvalue weighted by atomic mass is 127. The van der Waals surface area contributed by atoms with Crippen molar-refractivity contribution in [2.24, 2.45) is 16.8 Å². The number of fused-ring (bicyclic) bond motifs is 3. The molecule has 4 unspecified atom stereocenters. The van der Waals surface area contributed by atoms with E-state index < -0.39 is 0 Å². The van der Waals surface area contributed by atoms with Crippen LogP contribution in [0.5, 0.6) is 0 Å². The van der Waals surface area contributed by atoms with Crippen molar-refractivity contribution in [1.82, 2.24) is 25.4 Å². The number of aromatic nitrogens is 3. The Bertz CT molecular complexity index is 832. The monoisotopic (exact) mass is 510 g/mol. The van der Waals surface area contributed by atoms with Gasteiger partial charge in [0.15, 0.2) is 5.96 Å². The number of hydrogen-bond donors (Lipinski definition) is 2. The Morgan fingerprint density at radius 2 is 2.21 bits per heavy atom. The summed E-state index contributed by atoms with van der Waals surface area (Å²) in [5.74, 6) is 5.50. The first-order chi connectivity index (χ1) is 13.7. The van der Waals surface area contributed by atoms with Gasteiger partial charge in [-0.05, 0) is 63.0 Å². The largest absolute Gasteiger partial charge is 0.469 e. The molecule has 158 valence electrons. The topological polar surface area (TPSA) is 80.3 Å². The van der Waals surface area contributed by atoms with Crippen LogP contribution >= 0.6 is 24.0 Å². The van der Waals surface area contributed by atoms with Crippen molar-refractivity contribution in [1.29, 1.82) is 0 Å². The molecule has 0 aromatic carbocycles. The fourth-order valence-electron chi connectivity index (χ4n) is 5.23. The molecule has 3 heterocycles. The summed E-state index contributed by atoms with van der Waals surface area (Å²) in [6.45, 7) is 3.63. The molecule has 4 atom stereocenters. The lowest BCUT2D eigenvalue weighted by Gasteiger charge is -2.29. The van der Waals surface area contributed by atoms with E-state index in [0.717, 1.165) is 61.0 Å². The Balaban J connectivity index is 0.00000205. The second-order valence-electron chi connectivity index (χ2n) is 8.56. The van der Waals surface area contributed by atoms with Crippen LogP contribution in [0.15, 0.2) is 27.8 Å². The third kappa shape index (κ3) is 4.62. The zero-order chi connectivity index (χ0) is 18.9. The SMILES string of the molecule is Cc1nc2n(n1)CCCC2NC(=NCCc1ccco1)NC1CC2CCC1C2.I. The fraction of sp³-hybridized carbons (Fsp3) is 0.667. The molecule has 8 heteroatoms. The van der Waals surface area contributed by atoms with E-state index in [1.165, 1.54) is 25.7 Å². The van der Waals surface area contributed by atoms with Crippen LogP contribution < -0.4 is 10.6 Å². The van der Waals surface area contributed by atoms with Gasteiger partial charge in [-0.1, -0.05) is 6.42 Å². The number of furan rings is 1. The summed E-state index contributed by atoms with van der Waals surface area (Å²) in [6, 6.07) is 4.67. The van der Waals surface area contributed by atoms with E-state index in [0.29, 0.717) is 12.6 Å². The molecule has 2 saturated carbocycles. The third-order valence-corrected chi connectivity index (χ3v) is 6.56. The molecule has 5 rings (SSSR count). The first kappa shape index (κ1) is 20.7. The highest BCUT2D eigenvalue weighted by molar-refractivity contribution is 14.0. The van der Waals surface area contributed by atoms with Gasteiger partial charge in [0.05, 0.1) is 12.3 Å². The van der Waals surface area contributed by atoms with Crippen LogP contribution in [0.4, 0.5) is 0 Å². The van der Waals surface area contributed by atoms with E-state index in [4.69, 9.17) is 9.41 Å². The molecular weight excluding hydrogens is 479 g/mol. The quantitative estimate of drug-likeness (QED) is 0.365. The van der Waals surface area contributed by atoms with Crippen molar-refractivity contribution in [2.45, 2.75) is 70.5 Å². The first-order valence-corrected chi connectivity index (χ1v) is 10.8. The van der Waals surface area contributed by atoms with Crippen LogP contribution in [-0.2, 0) is 13.0 Å². The summed E-state index contributed by atoms with van der Waals surface area (Å²) in [7, 11) is 0. The van der Waals surface area contributed by atoms with Crippen LogP contribution in [0.3, 0.4) is 0 Å². The maximum Gasteiger partial charge on any atom is 0.192 e. The second-order valence-corrected chi connectivity index (χ2v) is 8.56. The Morgan fingerprint density at radius 1 is 1.28 bits per heavy atom. The summed E-state index contributed by atoms with van der Waals surface area (Å²) < 4.78 is 7.51. The molecule has 1 aliphatic heterocycles. The van der Waals surface area contributed by atoms with E-state index >= 15 is 0 Å². The Hall–Kier alpha value is -1.58. The Morgan fingerprint density at radius 3 is 2.97 bits per heavy atom. The van der Waals surface area contributed by atoms with Gasteiger partial charge in [0, 0.05) is 25.6 Å². The maximum absolute atomic E-state index is 5.46. The molecule has 2 bridgehead atoms. The Labute approximate surface area is 189 Å². The number of halogens is 1. The number of nitrogens with zero attached hydrogens (tertiary/aromatic N) is 4. The molecule has 0 spiro atoms. The number of hydrogen-bond acceptors (Lipinski definition) is 4. The second kappa shape index (κ2) is 9.06.